The molecular formula is C17H18N2O2. The second kappa shape index (κ2) is 5.13. The minimum absolute atomic E-state index is 0.0571. The van der Waals surface area contributed by atoms with Gasteiger partial charge in [0.25, 0.3) is 5.91 Å². The summed E-state index contributed by atoms with van der Waals surface area (Å²) in [5.41, 5.74) is 10.3. The van der Waals surface area contributed by atoms with Gasteiger partial charge in [0.1, 0.15) is 5.75 Å². The molecule has 0 unspecified atom stereocenters. The first kappa shape index (κ1) is 13.5. The Morgan fingerprint density at radius 3 is 2.86 bits per heavy atom. The van der Waals surface area contributed by atoms with Gasteiger partial charge >= 0.3 is 0 Å². The van der Waals surface area contributed by atoms with E-state index in [9.17, 15) is 9.90 Å². The highest BCUT2D eigenvalue weighted by molar-refractivity contribution is 5.95. The first-order chi connectivity index (χ1) is 10.1. The molecule has 0 aliphatic carbocycles. The maximum atomic E-state index is 12.5. The molecular weight excluding hydrogens is 264 g/mol. The highest BCUT2D eigenvalue weighted by Gasteiger charge is 2.23. The number of phenols is 1. The predicted octanol–water partition coefficient (Wildman–Crippen LogP) is 2.48. The van der Waals surface area contributed by atoms with Gasteiger partial charge in [-0.2, -0.15) is 0 Å². The lowest BCUT2D eigenvalue weighted by atomic mass is 9.97. The van der Waals surface area contributed by atoms with E-state index in [1.54, 1.807) is 17.0 Å². The van der Waals surface area contributed by atoms with Crippen LogP contribution in [0.25, 0.3) is 0 Å². The van der Waals surface area contributed by atoms with E-state index < -0.39 is 0 Å². The molecule has 3 rings (SSSR count). The molecule has 0 bridgehead atoms. The van der Waals surface area contributed by atoms with Crippen molar-refractivity contribution in [3.63, 3.8) is 0 Å². The third-order valence-corrected chi connectivity index (χ3v) is 4.05. The number of benzene rings is 2. The minimum Gasteiger partial charge on any atom is -0.508 e. The number of anilines is 1. The number of fused-ring (bicyclic) bond motifs is 1. The van der Waals surface area contributed by atoms with Crippen molar-refractivity contribution in [2.75, 3.05) is 12.3 Å². The van der Waals surface area contributed by atoms with E-state index in [0.29, 0.717) is 18.7 Å². The van der Waals surface area contributed by atoms with Crippen LogP contribution < -0.4 is 5.73 Å². The lowest BCUT2D eigenvalue weighted by Crippen LogP contribution is -2.36. The lowest BCUT2D eigenvalue weighted by Gasteiger charge is -2.29. The summed E-state index contributed by atoms with van der Waals surface area (Å²) >= 11 is 0. The van der Waals surface area contributed by atoms with E-state index >= 15 is 0 Å². The van der Waals surface area contributed by atoms with E-state index in [2.05, 4.69) is 0 Å². The Labute approximate surface area is 123 Å². The second-order valence-electron chi connectivity index (χ2n) is 5.46. The Bertz CT molecular complexity index is 710. The standard InChI is InChI=1S/C17H18N2O2/c1-11-5-6-12(9-16(11)20)17(21)19-8-7-14-13(10-19)3-2-4-15(14)18/h2-6,9,20H,7-8,10,18H2,1H3. The van der Waals surface area contributed by atoms with Crippen molar-refractivity contribution in [3.05, 3.63) is 58.7 Å². The number of phenolic OH excluding ortho intramolecular Hbond substituents is 1. The Hall–Kier alpha value is -2.49. The molecule has 0 saturated carbocycles. The number of hydrogen-bond acceptors (Lipinski definition) is 3. The van der Waals surface area contributed by atoms with Gasteiger partial charge in [-0.1, -0.05) is 18.2 Å². The Morgan fingerprint density at radius 1 is 1.29 bits per heavy atom. The van der Waals surface area contributed by atoms with Crippen LogP contribution >= 0.6 is 0 Å². The fraction of sp³-hybridized carbons (Fsp3) is 0.235. The van der Waals surface area contributed by atoms with Crippen LogP contribution in [0.3, 0.4) is 0 Å². The van der Waals surface area contributed by atoms with E-state index in [1.165, 1.54) is 6.07 Å². The zero-order chi connectivity index (χ0) is 15.0. The zero-order valence-corrected chi connectivity index (χ0v) is 12.0. The number of rotatable bonds is 1. The normalized spacial score (nSPS) is 13.9. The van der Waals surface area contributed by atoms with Crippen LogP contribution in [0.5, 0.6) is 5.75 Å². The van der Waals surface area contributed by atoms with E-state index in [-0.39, 0.29) is 11.7 Å². The summed E-state index contributed by atoms with van der Waals surface area (Å²) < 4.78 is 0. The van der Waals surface area contributed by atoms with E-state index in [1.807, 2.05) is 25.1 Å². The largest absolute Gasteiger partial charge is 0.508 e. The number of aryl methyl sites for hydroxylation is 1. The second-order valence-corrected chi connectivity index (χ2v) is 5.46. The van der Waals surface area contributed by atoms with E-state index in [4.69, 9.17) is 5.73 Å². The quantitative estimate of drug-likeness (QED) is 0.790. The van der Waals surface area contributed by atoms with Crippen LogP contribution in [0.1, 0.15) is 27.0 Å². The zero-order valence-electron chi connectivity index (χ0n) is 12.0. The number of carbonyl (C=O) groups excluding carboxylic acids is 1. The number of amides is 1. The molecule has 4 nitrogen and oxygen atoms in total. The molecule has 0 atom stereocenters. The maximum Gasteiger partial charge on any atom is 0.254 e. The molecule has 21 heavy (non-hydrogen) atoms. The highest BCUT2D eigenvalue weighted by Crippen LogP contribution is 2.26. The molecule has 2 aromatic rings. The van der Waals surface area contributed by atoms with Gasteiger partial charge in [-0.05, 0) is 48.2 Å². The SMILES string of the molecule is Cc1ccc(C(=O)N2CCc3c(N)cccc3C2)cc1O. The average Bonchev–Trinajstić information content (AvgIpc) is 2.49. The van der Waals surface area contributed by atoms with Crippen molar-refractivity contribution in [1.29, 1.82) is 0 Å². The third-order valence-electron chi connectivity index (χ3n) is 4.05. The van der Waals surface area contributed by atoms with Crippen molar-refractivity contribution in [1.82, 2.24) is 4.90 Å². The van der Waals surface area contributed by atoms with E-state index in [0.717, 1.165) is 28.8 Å². The Morgan fingerprint density at radius 2 is 2.10 bits per heavy atom. The number of nitrogens with two attached hydrogens (primary N) is 1. The van der Waals surface area contributed by atoms with Crippen molar-refractivity contribution < 1.29 is 9.90 Å². The summed E-state index contributed by atoms with van der Waals surface area (Å²) in [6.07, 6.45) is 0.769. The first-order valence-corrected chi connectivity index (χ1v) is 7.01. The Kier molecular flexibility index (Phi) is 3.29. The van der Waals surface area contributed by atoms with Crippen LogP contribution in [0.15, 0.2) is 36.4 Å². The smallest absolute Gasteiger partial charge is 0.254 e. The summed E-state index contributed by atoms with van der Waals surface area (Å²) in [6.45, 7) is 3.02. The summed E-state index contributed by atoms with van der Waals surface area (Å²) in [4.78, 5) is 14.3. The van der Waals surface area contributed by atoms with Crippen molar-refractivity contribution in [2.24, 2.45) is 0 Å². The molecule has 2 aromatic carbocycles. The van der Waals surface area contributed by atoms with Crippen LogP contribution in [0.4, 0.5) is 5.69 Å². The van der Waals surface area contributed by atoms with Gasteiger partial charge < -0.3 is 15.7 Å². The van der Waals surface area contributed by atoms with Gasteiger partial charge in [-0.15, -0.1) is 0 Å². The minimum atomic E-state index is -0.0571. The first-order valence-electron chi connectivity index (χ1n) is 7.01. The molecule has 4 heteroatoms. The number of nitrogen functional groups attached to an aromatic ring is 1. The maximum absolute atomic E-state index is 12.5. The molecule has 0 aromatic heterocycles. The van der Waals surface area contributed by atoms with Crippen LogP contribution in [0, 0.1) is 6.92 Å². The number of aromatic hydroxyl groups is 1. The monoisotopic (exact) mass is 282 g/mol. The summed E-state index contributed by atoms with van der Waals surface area (Å²) in [6, 6.07) is 10.9. The molecule has 1 aliphatic heterocycles. The lowest BCUT2D eigenvalue weighted by molar-refractivity contribution is 0.0734. The van der Waals surface area contributed by atoms with Gasteiger partial charge in [0.15, 0.2) is 0 Å². The molecule has 0 radical (unpaired) electrons. The fourth-order valence-corrected chi connectivity index (χ4v) is 2.74. The van der Waals surface area contributed by atoms with Crippen LogP contribution in [-0.2, 0) is 13.0 Å². The predicted molar refractivity (Wildman–Crippen MR) is 82.1 cm³/mol. The molecule has 108 valence electrons. The van der Waals surface area contributed by atoms with Crippen molar-refractivity contribution in [2.45, 2.75) is 19.9 Å². The fourth-order valence-electron chi connectivity index (χ4n) is 2.74. The van der Waals surface area contributed by atoms with Gasteiger partial charge in [-0.3, -0.25) is 4.79 Å². The highest BCUT2D eigenvalue weighted by atomic mass is 16.3. The molecule has 1 amide bonds. The average molecular weight is 282 g/mol. The number of nitrogens with zero attached hydrogens (tertiary/aromatic N) is 1. The summed E-state index contributed by atoms with van der Waals surface area (Å²) in [5, 5.41) is 9.75. The molecule has 0 saturated heterocycles. The summed E-state index contributed by atoms with van der Waals surface area (Å²) in [5.74, 6) is 0.0980. The van der Waals surface area contributed by atoms with Crippen molar-refractivity contribution >= 4 is 11.6 Å². The van der Waals surface area contributed by atoms with Gasteiger partial charge in [-0.25, -0.2) is 0 Å². The molecule has 0 spiro atoms. The Balaban J connectivity index is 1.85. The number of carbonyl (C=O) groups is 1. The molecule has 1 heterocycles. The topological polar surface area (TPSA) is 66.6 Å². The van der Waals surface area contributed by atoms with Gasteiger partial charge in [0.05, 0.1) is 0 Å². The molecule has 0 fully saturated rings. The number of hydrogen-bond donors (Lipinski definition) is 2. The van der Waals surface area contributed by atoms with Crippen molar-refractivity contribution in [3.8, 4) is 5.75 Å². The molecule has 3 N–H and O–H groups in total. The van der Waals surface area contributed by atoms with Gasteiger partial charge in [0, 0.05) is 24.3 Å². The summed E-state index contributed by atoms with van der Waals surface area (Å²) in [7, 11) is 0. The third kappa shape index (κ3) is 2.44. The van der Waals surface area contributed by atoms with Crippen LogP contribution in [-0.4, -0.2) is 22.5 Å². The van der Waals surface area contributed by atoms with Gasteiger partial charge in [0.2, 0.25) is 0 Å². The molecule has 1 aliphatic rings. The van der Waals surface area contributed by atoms with Crippen LogP contribution in [0.2, 0.25) is 0 Å².